The number of hydrogen-bond acceptors (Lipinski definition) is 0. The molecule has 0 aliphatic heterocycles. The van der Waals surface area contributed by atoms with E-state index in [0.717, 1.165) is 0 Å². The topological polar surface area (TPSA) is 0 Å². The van der Waals surface area contributed by atoms with Gasteiger partial charge in [-0.3, -0.25) is 0 Å². The van der Waals surface area contributed by atoms with E-state index >= 15 is 0 Å². The summed E-state index contributed by atoms with van der Waals surface area (Å²) in [6, 6.07) is 33.5. The number of hydrogen-bond donors (Lipinski definition) is 0. The molecule has 0 bridgehead atoms. The van der Waals surface area contributed by atoms with Crippen LogP contribution >= 0.6 is 0 Å². The zero-order valence-corrected chi connectivity index (χ0v) is 19.2. The second-order valence-corrected chi connectivity index (χ2v) is 7.46. The van der Waals surface area contributed by atoms with Crippen molar-refractivity contribution in [3.63, 3.8) is 0 Å². The van der Waals surface area contributed by atoms with E-state index < -0.39 is 0 Å². The molecule has 154 valence electrons. The Kier molecular flexibility index (Phi) is 5.91. The van der Waals surface area contributed by atoms with Crippen molar-refractivity contribution in [3.05, 3.63) is 96.6 Å². The first-order chi connectivity index (χ1) is 15.3. The van der Waals surface area contributed by atoms with Crippen LogP contribution in [0.25, 0.3) is 54.2 Å². The number of fused-ring (bicyclic) bond motifs is 2. The predicted molar refractivity (Wildman–Crippen MR) is 141 cm³/mol. The zero-order valence-electron chi connectivity index (χ0n) is 19.2. The van der Waals surface area contributed by atoms with Gasteiger partial charge in [-0.15, -0.1) is 0 Å². The highest BCUT2D eigenvalue weighted by Gasteiger charge is 2.14. The molecule has 0 N–H and O–H groups in total. The molecule has 0 saturated heterocycles. The SMILES string of the molecule is CC.CC.Cc1ccc(-c2ccc3c4cccc5cccc(c6cccc2c63)c54)cc1. The van der Waals surface area contributed by atoms with Crippen LogP contribution in [0, 0.1) is 6.92 Å². The normalized spacial score (nSPS) is 10.7. The zero-order chi connectivity index (χ0) is 22.0. The van der Waals surface area contributed by atoms with Crippen LogP contribution in [0.5, 0.6) is 0 Å². The molecule has 6 aromatic rings. The largest absolute Gasteiger partial charge is 0.0683 e. The Bertz CT molecular complexity index is 1400. The summed E-state index contributed by atoms with van der Waals surface area (Å²) < 4.78 is 0. The summed E-state index contributed by atoms with van der Waals surface area (Å²) in [6.07, 6.45) is 0. The van der Waals surface area contributed by atoms with E-state index in [1.807, 2.05) is 27.7 Å². The third kappa shape index (κ3) is 3.33. The fraction of sp³-hybridized carbons (Fsp3) is 0.161. The monoisotopic (exact) mass is 402 g/mol. The van der Waals surface area contributed by atoms with E-state index in [1.54, 1.807) is 0 Å². The molecule has 0 spiro atoms. The van der Waals surface area contributed by atoms with Crippen molar-refractivity contribution in [2.75, 3.05) is 0 Å². The van der Waals surface area contributed by atoms with Gasteiger partial charge in [0.15, 0.2) is 0 Å². The molecule has 0 saturated carbocycles. The summed E-state index contributed by atoms with van der Waals surface area (Å²) in [5.41, 5.74) is 3.88. The molecule has 0 fully saturated rings. The first-order valence-electron chi connectivity index (χ1n) is 11.5. The van der Waals surface area contributed by atoms with Gasteiger partial charge in [0.25, 0.3) is 0 Å². The minimum atomic E-state index is 1.28. The fourth-order valence-electron chi connectivity index (χ4n) is 4.63. The van der Waals surface area contributed by atoms with E-state index in [4.69, 9.17) is 0 Å². The maximum atomic E-state index is 2.31. The molecule has 31 heavy (non-hydrogen) atoms. The summed E-state index contributed by atoms with van der Waals surface area (Å²) in [5.74, 6) is 0. The van der Waals surface area contributed by atoms with Crippen molar-refractivity contribution in [2.45, 2.75) is 34.6 Å². The van der Waals surface area contributed by atoms with Gasteiger partial charge < -0.3 is 0 Å². The Balaban J connectivity index is 0.000000549. The average molecular weight is 403 g/mol. The lowest BCUT2D eigenvalue weighted by molar-refractivity contribution is 1.47. The Morgan fingerprint density at radius 1 is 0.419 bits per heavy atom. The summed E-state index contributed by atoms with van der Waals surface area (Å²) in [7, 11) is 0. The second kappa shape index (κ2) is 8.78. The van der Waals surface area contributed by atoms with E-state index in [9.17, 15) is 0 Å². The first-order valence-corrected chi connectivity index (χ1v) is 11.5. The molecule has 6 rings (SSSR count). The van der Waals surface area contributed by atoms with Gasteiger partial charge in [-0.2, -0.15) is 0 Å². The summed E-state index contributed by atoms with van der Waals surface area (Å²) >= 11 is 0. The van der Waals surface area contributed by atoms with Crippen molar-refractivity contribution in [2.24, 2.45) is 0 Å². The fourth-order valence-corrected chi connectivity index (χ4v) is 4.63. The average Bonchev–Trinajstić information content (AvgIpc) is 2.85. The maximum absolute atomic E-state index is 2.31. The number of aryl methyl sites for hydroxylation is 1. The standard InChI is InChI=1S/C27H18.2C2H6/c1-17-11-13-18(14-12-17)20-15-16-25-23-8-3-6-19-5-2-7-22(26(19)23)24-10-4-9-21(20)27(24)25;2*1-2/h2-16H,1H3;2*1-2H3. The van der Waals surface area contributed by atoms with Gasteiger partial charge in [-0.05, 0) is 61.1 Å². The van der Waals surface area contributed by atoms with Gasteiger partial charge in [0.05, 0.1) is 0 Å². The first kappa shape index (κ1) is 20.9. The molecule has 0 atom stereocenters. The van der Waals surface area contributed by atoms with Gasteiger partial charge in [0.2, 0.25) is 0 Å². The number of benzene rings is 6. The molecule has 0 aliphatic rings. The lowest BCUT2D eigenvalue weighted by atomic mass is 9.87. The molecule has 0 amide bonds. The van der Waals surface area contributed by atoms with Crippen LogP contribution in [0.1, 0.15) is 33.3 Å². The van der Waals surface area contributed by atoms with Crippen molar-refractivity contribution in [1.82, 2.24) is 0 Å². The van der Waals surface area contributed by atoms with Crippen molar-refractivity contribution >= 4 is 43.1 Å². The Labute approximate surface area is 185 Å². The maximum Gasteiger partial charge on any atom is -0.00201 e. The molecular formula is C31H30. The highest BCUT2D eigenvalue weighted by Crippen LogP contribution is 2.42. The summed E-state index contributed by atoms with van der Waals surface area (Å²) in [6.45, 7) is 10.1. The highest BCUT2D eigenvalue weighted by atomic mass is 14.2. The predicted octanol–water partition coefficient (Wildman–Crippen LogP) is 9.77. The number of rotatable bonds is 1. The third-order valence-corrected chi connectivity index (χ3v) is 5.89. The Hall–Kier alpha value is -3.38. The molecule has 0 aromatic heterocycles. The lowest BCUT2D eigenvalue weighted by Crippen LogP contribution is -1.89. The van der Waals surface area contributed by atoms with Crippen LogP contribution in [0.2, 0.25) is 0 Å². The van der Waals surface area contributed by atoms with Gasteiger partial charge in [-0.25, -0.2) is 0 Å². The van der Waals surface area contributed by atoms with Crippen LogP contribution in [0.3, 0.4) is 0 Å². The minimum absolute atomic E-state index is 1.28. The quantitative estimate of drug-likeness (QED) is 0.190. The van der Waals surface area contributed by atoms with Crippen LogP contribution in [0.15, 0.2) is 91.0 Å². The lowest BCUT2D eigenvalue weighted by Gasteiger charge is -2.16. The van der Waals surface area contributed by atoms with Crippen LogP contribution in [0.4, 0.5) is 0 Å². The van der Waals surface area contributed by atoms with Crippen molar-refractivity contribution in [1.29, 1.82) is 0 Å². The van der Waals surface area contributed by atoms with E-state index in [0.29, 0.717) is 0 Å². The Morgan fingerprint density at radius 2 is 0.903 bits per heavy atom. The van der Waals surface area contributed by atoms with Crippen LogP contribution in [-0.2, 0) is 0 Å². The van der Waals surface area contributed by atoms with Crippen LogP contribution in [-0.4, -0.2) is 0 Å². The molecular weight excluding hydrogens is 372 g/mol. The van der Waals surface area contributed by atoms with Crippen molar-refractivity contribution in [3.8, 4) is 11.1 Å². The third-order valence-electron chi connectivity index (χ3n) is 5.89. The molecule has 0 radical (unpaired) electrons. The van der Waals surface area contributed by atoms with Gasteiger partial charge in [0, 0.05) is 0 Å². The molecule has 0 unspecified atom stereocenters. The second-order valence-electron chi connectivity index (χ2n) is 7.46. The molecule has 0 aliphatic carbocycles. The molecule has 0 nitrogen and oxygen atoms in total. The smallest absolute Gasteiger partial charge is 0.00201 e. The van der Waals surface area contributed by atoms with E-state index in [1.165, 1.54) is 59.8 Å². The van der Waals surface area contributed by atoms with Crippen LogP contribution < -0.4 is 0 Å². The van der Waals surface area contributed by atoms with Crippen molar-refractivity contribution < 1.29 is 0 Å². The molecule has 0 heterocycles. The van der Waals surface area contributed by atoms with Gasteiger partial charge in [-0.1, -0.05) is 124 Å². The highest BCUT2D eigenvalue weighted by molar-refractivity contribution is 6.34. The minimum Gasteiger partial charge on any atom is -0.0683 e. The molecule has 6 aromatic carbocycles. The van der Waals surface area contributed by atoms with Gasteiger partial charge in [0.1, 0.15) is 0 Å². The summed E-state index contributed by atoms with van der Waals surface area (Å²) in [4.78, 5) is 0. The van der Waals surface area contributed by atoms with E-state index in [-0.39, 0.29) is 0 Å². The Morgan fingerprint density at radius 3 is 1.52 bits per heavy atom. The summed E-state index contributed by atoms with van der Waals surface area (Å²) in [5, 5.41) is 10.8. The molecule has 0 heteroatoms. The van der Waals surface area contributed by atoms with E-state index in [2.05, 4.69) is 97.9 Å². The van der Waals surface area contributed by atoms with Gasteiger partial charge >= 0.3 is 0 Å².